The number of hydrogen-bond acceptors (Lipinski definition) is 3. The van der Waals surface area contributed by atoms with Gasteiger partial charge in [0.1, 0.15) is 5.75 Å². The SMILES string of the molecule is COc1ccc(C(C)(C)C)cc1/C=C/CCON. The predicted octanol–water partition coefficient (Wildman–Crippen LogP) is 3.29. The van der Waals surface area contributed by atoms with Crippen LogP contribution in [0, 0.1) is 0 Å². The first kappa shape index (κ1) is 14.7. The van der Waals surface area contributed by atoms with Crippen LogP contribution in [0.2, 0.25) is 0 Å². The lowest BCUT2D eigenvalue weighted by atomic mass is 9.86. The second-order valence-electron chi connectivity index (χ2n) is 5.27. The molecular formula is C15H23NO2. The molecule has 0 aromatic heterocycles. The van der Waals surface area contributed by atoms with Crippen LogP contribution in [0.5, 0.6) is 5.75 Å². The zero-order chi connectivity index (χ0) is 13.6. The summed E-state index contributed by atoms with van der Waals surface area (Å²) < 4.78 is 5.36. The van der Waals surface area contributed by atoms with Gasteiger partial charge in [-0.05, 0) is 29.5 Å². The van der Waals surface area contributed by atoms with Gasteiger partial charge in [-0.1, -0.05) is 39.0 Å². The molecule has 3 heteroatoms. The van der Waals surface area contributed by atoms with Crippen LogP contribution in [-0.2, 0) is 10.3 Å². The van der Waals surface area contributed by atoms with Crippen LogP contribution < -0.4 is 10.6 Å². The highest BCUT2D eigenvalue weighted by molar-refractivity contribution is 5.59. The van der Waals surface area contributed by atoms with E-state index >= 15 is 0 Å². The average molecular weight is 249 g/mol. The minimum absolute atomic E-state index is 0.134. The van der Waals surface area contributed by atoms with Crippen molar-refractivity contribution in [2.75, 3.05) is 13.7 Å². The summed E-state index contributed by atoms with van der Waals surface area (Å²) in [5, 5.41) is 0. The maximum absolute atomic E-state index is 5.36. The smallest absolute Gasteiger partial charge is 0.126 e. The average Bonchev–Trinajstić information content (AvgIpc) is 2.33. The summed E-state index contributed by atoms with van der Waals surface area (Å²) in [5.74, 6) is 5.87. The number of hydrogen-bond donors (Lipinski definition) is 1. The van der Waals surface area contributed by atoms with Gasteiger partial charge in [0.05, 0.1) is 13.7 Å². The first-order valence-corrected chi connectivity index (χ1v) is 6.16. The third-order valence-electron chi connectivity index (χ3n) is 2.80. The van der Waals surface area contributed by atoms with E-state index in [1.54, 1.807) is 7.11 Å². The molecule has 0 aliphatic carbocycles. The molecule has 0 aliphatic heterocycles. The molecule has 0 atom stereocenters. The zero-order valence-corrected chi connectivity index (χ0v) is 11.7. The molecular weight excluding hydrogens is 226 g/mol. The van der Waals surface area contributed by atoms with E-state index < -0.39 is 0 Å². The minimum Gasteiger partial charge on any atom is -0.496 e. The van der Waals surface area contributed by atoms with Gasteiger partial charge in [-0.15, -0.1) is 0 Å². The van der Waals surface area contributed by atoms with E-state index in [4.69, 9.17) is 10.6 Å². The summed E-state index contributed by atoms with van der Waals surface area (Å²) in [6, 6.07) is 6.29. The number of rotatable bonds is 5. The summed E-state index contributed by atoms with van der Waals surface area (Å²) in [5.41, 5.74) is 2.51. The third-order valence-corrected chi connectivity index (χ3v) is 2.80. The highest BCUT2D eigenvalue weighted by Gasteiger charge is 2.14. The molecule has 3 nitrogen and oxygen atoms in total. The highest BCUT2D eigenvalue weighted by atomic mass is 16.6. The summed E-state index contributed by atoms with van der Waals surface area (Å²) in [4.78, 5) is 4.53. The van der Waals surface area contributed by atoms with Crippen molar-refractivity contribution in [3.63, 3.8) is 0 Å². The molecule has 18 heavy (non-hydrogen) atoms. The van der Waals surface area contributed by atoms with Gasteiger partial charge in [0.2, 0.25) is 0 Å². The van der Waals surface area contributed by atoms with Crippen molar-refractivity contribution >= 4 is 6.08 Å². The van der Waals surface area contributed by atoms with E-state index in [-0.39, 0.29) is 5.41 Å². The molecule has 0 unspecified atom stereocenters. The second-order valence-corrected chi connectivity index (χ2v) is 5.27. The molecule has 0 fully saturated rings. The Morgan fingerprint density at radius 2 is 2.00 bits per heavy atom. The van der Waals surface area contributed by atoms with E-state index in [2.05, 4.69) is 37.7 Å². The normalized spacial score (nSPS) is 12.1. The van der Waals surface area contributed by atoms with E-state index in [1.165, 1.54) is 5.56 Å². The monoisotopic (exact) mass is 249 g/mol. The van der Waals surface area contributed by atoms with Crippen LogP contribution >= 0.6 is 0 Å². The number of methoxy groups -OCH3 is 1. The van der Waals surface area contributed by atoms with Gasteiger partial charge in [0.25, 0.3) is 0 Å². The summed E-state index contributed by atoms with van der Waals surface area (Å²) in [6.07, 6.45) is 4.88. The lowest BCUT2D eigenvalue weighted by Crippen LogP contribution is -2.11. The Morgan fingerprint density at radius 1 is 1.28 bits per heavy atom. The maximum Gasteiger partial charge on any atom is 0.126 e. The van der Waals surface area contributed by atoms with Gasteiger partial charge >= 0.3 is 0 Å². The van der Waals surface area contributed by atoms with Crippen molar-refractivity contribution in [1.29, 1.82) is 0 Å². The molecule has 1 aromatic carbocycles. The van der Waals surface area contributed by atoms with Gasteiger partial charge in [-0.3, -0.25) is 0 Å². The molecule has 1 aromatic rings. The van der Waals surface area contributed by atoms with Crippen molar-refractivity contribution < 1.29 is 9.57 Å². The highest BCUT2D eigenvalue weighted by Crippen LogP contribution is 2.28. The second kappa shape index (κ2) is 6.57. The van der Waals surface area contributed by atoms with Crippen molar-refractivity contribution in [2.24, 2.45) is 5.90 Å². The first-order valence-electron chi connectivity index (χ1n) is 6.16. The fourth-order valence-corrected chi connectivity index (χ4v) is 1.68. The van der Waals surface area contributed by atoms with Crippen molar-refractivity contribution in [1.82, 2.24) is 0 Å². The minimum atomic E-state index is 0.134. The molecule has 0 aliphatic rings. The van der Waals surface area contributed by atoms with Crippen molar-refractivity contribution in [3.05, 3.63) is 35.4 Å². The van der Waals surface area contributed by atoms with E-state index in [0.717, 1.165) is 17.7 Å². The quantitative estimate of drug-likeness (QED) is 0.643. The number of benzene rings is 1. The van der Waals surface area contributed by atoms with E-state index in [0.29, 0.717) is 6.61 Å². The van der Waals surface area contributed by atoms with Gasteiger partial charge in [-0.2, -0.15) is 0 Å². The fourth-order valence-electron chi connectivity index (χ4n) is 1.68. The Morgan fingerprint density at radius 3 is 2.56 bits per heavy atom. The summed E-state index contributed by atoms with van der Waals surface area (Å²) in [6.45, 7) is 7.12. The number of ether oxygens (including phenoxy) is 1. The number of nitrogens with two attached hydrogens (primary N) is 1. The van der Waals surface area contributed by atoms with Gasteiger partial charge in [0.15, 0.2) is 0 Å². The third kappa shape index (κ3) is 4.17. The summed E-state index contributed by atoms with van der Waals surface area (Å²) >= 11 is 0. The van der Waals surface area contributed by atoms with Crippen molar-refractivity contribution in [2.45, 2.75) is 32.6 Å². The Balaban J connectivity index is 2.96. The lowest BCUT2D eigenvalue weighted by molar-refractivity contribution is 0.143. The van der Waals surface area contributed by atoms with Crippen LogP contribution in [0.15, 0.2) is 24.3 Å². The standard InChI is InChI=1S/C15H23NO2/c1-15(2,3)13-8-9-14(17-4)12(11-13)7-5-6-10-18-16/h5,7-9,11H,6,10,16H2,1-4H3/b7-5+. The lowest BCUT2D eigenvalue weighted by Gasteiger charge is -2.20. The molecule has 100 valence electrons. The first-order chi connectivity index (χ1) is 8.49. The van der Waals surface area contributed by atoms with Gasteiger partial charge in [-0.25, -0.2) is 5.90 Å². The van der Waals surface area contributed by atoms with E-state index in [9.17, 15) is 0 Å². The fraction of sp³-hybridized carbons (Fsp3) is 0.467. The van der Waals surface area contributed by atoms with Crippen LogP contribution in [0.1, 0.15) is 38.3 Å². The molecule has 0 spiro atoms. The molecule has 0 amide bonds. The molecule has 0 saturated heterocycles. The molecule has 0 bridgehead atoms. The van der Waals surface area contributed by atoms with E-state index in [1.807, 2.05) is 18.2 Å². The Labute approximate surface area is 110 Å². The van der Waals surface area contributed by atoms with Crippen LogP contribution in [0.25, 0.3) is 6.08 Å². The molecule has 1 rings (SSSR count). The topological polar surface area (TPSA) is 44.5 Å². The Kier molecular flexibility index (Phi) is 5.38. The largest absolute Gasteiger partial charge is 0.496 e. The summed E-state index contributed by atoms with van der Waals surface area (Å²) in [7, 11) is 1.69. The maximum atomic E-state index is 5.36. The van der Waals surface area contributed by atoms with Gasteiger partial charge < -0.3 is 9.57 Å². The Hall–Kier alpha value is -1.32. The van der Waals surface area contributed by atoms with Crippen LogP contribution in [-0.4, -0.2) is 13.7 Å². The van der Waals surface area contributed by atoms with Crippen molar-refractivity contribution in [3.8, 4) is 5.75 Å². The van der Waals surface area contributed by atoms with Crippen LogP contribution in [0.3, 0.4) is 0 Å². The molecule has 0 radical (unpaired) electrons. The zero-order valence-electron chi connectivity index (χ0n) is 11.7. The predicted molar refractivity (Wildman–Crippen MR) is 75.5 cm³/mol. The molecule has 0 saturated carbocycles. The molecule has 2 N–H and O–H groups in total. The van der Waals surface area contributed by atoms with Gasteiger partial charge in [0, 0.05) is 5.56 Å². The molecule has 0 heterocycles. The van der Waals surface area contributed by atoms with Crippen LogP contribution in [0.4, 0.5) is 0 Å². The Bertz CT molecular complexity index is 405.